The lowest BCUT2D eigenvalue weighted by Crippen LogP contribution is -2.43. The van der Waals surface area contributed by atoms with Crippen molar-refractivity contribution in [2.24, 2.45) is 0 Å². The number of nitrogens with two attached hydrogens (primary N) is 1. The molecule has 3 aromatic rings. The van der Waals surface area contributed by atoms with Crippen LogP contribution in [0.1, 0.15) is 16.7 Å². The number of hydrogen-bond donors (Lipinski definition) is 3. The first kappa shape index (κ1) is 21.1. The number of aryl methyl sites for hydroxylation is 2. The Bertz CT molecular complexity index is 1100. The van der Waals surface area contributed by atoms with Gasteiger partial charge in [0.1, 0.15) is 17.3 Å². The number of fused-ring (bicyclic) bond motifs is 1. The molecule has 0 saturated heterocycles. The van der Waals surface area contributed by atoms with Crippen LogP contribution in [0.25, 0.3) is 11.3 Å². The molecule has 1 aliphatic rings. The highest BCUT2D eigenvalue weighted by atomic mass is 19.1. The highest BCUT2D eigenvalue weighted by Gasteiger charge is 2.33. The molecule has 7 nitrogen and oxygen atoms in total. The van der Waals surface area contributed by atoms with Gasteiger partial charge in [-0.25, -0.2) is 23.5 Å². The number of aromatic nitrogens is 2. The summed E-state index contributed by atoms with van der Waals surface area (Å²) in [5.74, 6) is -1.79. The van der Waals surface area contributed by atoms with Crippen LogP contribution < -0.4 is 16.0 Å². The number of aliphatic hydroxyl groups excluding tert-OH is 1. The molecule has 2 heterocycles. The van der Waals surface area contributed by atoms with Gasteiger partial charge >= 0.3 is 6.03 Å². The minimum atomic E-state index is -0.881. The first-order chi connectivity index (χ1) is 14.4. The van der Waals surface area contributed by atoms with E-state index in [1.807, 2.05) is 32.0 Å². The summed E-state index contributed by atoms with van der Waals surface area (Å²) in [5.41, 5.74) is 9.23. The number of nitrogens with zero attached hydrogens (tertiary/aromatic N) is 3. The molecule has 0 fully saturated rings. The van der Waals surface area contributed by atoms with E-state index < -0.39 is 23.4 Å². The minimum Gasteiger partial charge on any atom is -0.400 e. The van der Waals surface area contributed by atoms with Crippen molar-refractivity contribution in [1.82, 2.24) is 15.3 Å². The molecule has 30 heavy (non-hydrogen) atoms. The first-order valence-corrected chi connectivity index (χ1v) is 9.07. The van der Waals surface area contributed by atoms with Gasteiger partial charge in [-0.15, -0.1) is 0 Å². The van der Waals surface area contributed by atoms with Gasteiger partial charge in [0, 0.05) is 18.2 Å². The number of para-hydroxylation sites is 1. The van der Waals surface area contributed by atoms with Gasteiger partial charge in [0.25, 0.3) is 0 Å². The van der Waals surface area contributed by atoms with Crippen molar-refractivity contribution in [2.75, 3.05) is 17.7 Å². The maximum absolute atomic E-state index is 14.4. The second-order valence-electron chi connectivity index (χ2n) is 6.62. The fraction of sp³-hybridized carbons (Fsp3) is 0.190. The van der Waals surface area contributed by atoms with E-state index in [9.17, 15) is 13.6 Å². The zero-order chi connectivity index (χ0) is 22.0. The molecule has 156 valence electrons. The minimum absolute atomic E-state index is 0.0659. The SMILES string of the molecule is CO.Cc1ccc(C)c(-c2nc(N)nc3c2CNC(=O)N3c2c(F)cccc2F)c1. The summed E-state index contributed by atoms with van der Waals surface area (Å²) in [4.78, 5) is 21.9. The Morgan fingerprint density at radius 1 is 1.10 bits per heavy atom. The van der Waals surface area contributed by atoms with Gasteiger partial charge < -0.3 is 16.2 Å². The van der Waals surface area contributed by atoms with E-state index in [0.717, 1.165) is 40.8 Å². The number of halogens is 2. The first-order valence-electron chi connectivity index (χ1n) is 9.07. The Kier molecular flexibility index (Phi) is 5.93. The number of aliphatic hydroxyl groups is 1. The van der Waals surface area contributed by atoms with Crippen LogP contribution in [0, 0.1) is 25.5 Å². The van der Waals surface area contributed by atoms with E-state index in [2.05, 4.69) is 15.3 Å². The molecule has 2 amide bonds. The van der Waals surface area contributed by atoms with Crippen LogP contribution in [0.3, 0.4) is 0 Å². The van der Waals surface area contributed by atoms with Gasteiger partial charge in [-0.1, -0.05) is 23.8 Å². The number of hydrogen-bond acceptors (Lipinski definition) is 5. The third-order valence-corrected chi connectivity index (χ3v) is 4.64. The van der Waals surface area contributed by atoms with Crippen LogP contribution >= 0.6 is 0 Å². The van der Waals surface area contributed by atoms with Gasteiger partial charge in [-0.3, -0.25) is 0 Å². The lowest BCUT2D eigenvalue weighted by atomic mass is 9.98. The molecule has 0 bridgehead atoms. The highest BCUT2D eigenvalue weighted by molar-refractivity contribution is 6.02. The van der Waals surface area contributed by atoms with E-state index in [1.54, 1.807) is 0 Å². The van der Waals surface area contributed by atoms with Crippen LogP contribution in [0.2, 0.25) is 0 Å². The third-order valence-electron chi connectivity index (χ3n) is 4.64. The standard InChI is InChI=1S/C20H17F2N5O.CH4O/c1-10-6-7-11(2)12(8-10)16-13-9-24-20(28)27(18(13)26-19(23)25-16)17-14(21)4-3-5-15(17)22;1-2/h3-8H,9H2,1-2H3,(H,24,28)(H2,23,25,26);2H,1H3. The largest absolute Gasteiger partial charge is 0.400 e. The van der Waals surface area contributed by atoms with Crippen molar-refractivity contribution in [1.29, 1.82) is 0 Å². The average molecular weight is 413 g/mol. The van der Waals surface area contributed by atoms with Gasteiger partial charge in [0.2, 0.25) is 5.95 Å². The molecule has 0 aliphatic carbocycles. The van der Waals surface area contributed by atoms with Crippen molar-refractivity contribution in [3.8, 4) is 11.3 Å². The second-order valence-corrected chi connectivity index (χ2v) is 6.62. The Balaban J connectivity index is 0.00000124. The van der Waals surface area contributed by atoms with Gasteiger partial charge in [0.15, 0.2) is 5.82 Å². The lowest BCUT2D eigenvalue weighted by Gasteiger charge is -2.30. The van der Waals surface area contributed by atoms with Crippen LogP contribution in [0.5, 0.6) is 0 Å². The van der Waals surface area contributed by atoms with E-state index in [0.29, 0.717) is 11.3 Å². The second kappa shape index (κ2) is 8.42. The van der Waals surface area contributed by atoms with Crippen molar-refractivity contribution in [3.63, 3.8) is 0 Å². The summed E-state index contributed by atoms with van der Waals surface area (Å²) < 4.78 is 28.8. The molecule has 4 rings (SSSR count). The fourth-order valence-corrected chi connectivity index (χ4v) is 3.30. The number of nitrogen functional groups attached to an aromatic ring is 1. The quantitative estimate of drug-likeness (QED) is 0.596. The summed E-state index contributed by atoms with van der Waals surface area (Å²) in [7, 11) is 1.00. The Morgan fingerprint density at radius 2 is 1.77 bits per heavy atom. The molecular formula is C21H21F2N5O2. The van der Waals surface area contributed by atoms with Crippen molar-refractivity contribution < 1.29 is 18.7 Å². The fourth-order valence-electron chi connectivity index (χ4n) is 3.30. The molecule has 2 aromatic carbocycles. The number of carbonyl (C=O) groups excluding carboxylic acids is 1. The molecule has 0 radical (unpaired) electrons. The van der Waals surface area contributed by atoms with Gasteiger partial charge in [-0.2, -0.15) is 4.98 Å². The summed E-state index contributed by atoms with van der Waals surface area (Å²) in [6, 6.07) is 8.56. The molecule has 0 saturated carbocycles. The van der Waals surface area contributed by atoms with Gasteiger partial charge in [0.05, 0.1) is 12.2 Å². The number of benzene rings is 2. The van der Waals surface area contributed by atoms with Gasteiger partial charge in [-0.05, 0) is 37.6 Å². The van der Waals surface area contributed by atoms with Crippen molar-refractivity contribution in [2.45, 2.75) is 20.4 Å². The Labute approximate surface area is 172 Å². The molecule has 1 aromatic heterocycles. The number of anilines is 3. The number of rotatable bonds is 2. The van der Waals surface area contributed by atoms with E-state index >= 15 is 0 Å². The number of urea groups is 1. The van der Waals surface area contributed by atoms with Crippen LogP contribution in [0.4, 0.5) is 31.0 Å². The van der Waals surface area contributed by atoms with Crippen molar-refractivity contribution in [3.05, 3.63) is 64.7 Å². The van der Waals surface area contributed by atoms with Crippen molar-refractivity contribution >= 4 is 23.5 Å². The molecular weight excluding hydrogens is 392 g/mol. The maximum Gasteiger partial charge on any atom is 0.328 e. The zero-order valence-electron chi connectivity index (χ0n) is 16.7. The molecule has 0 spiro atoms. The number of amides is 2. The smallest absolute Gasteiger partial charge is 0.328 e. The number of carbonyl (C=O) groups is 1. The molecule has 1 aliphatic heterocycles. The lowest BCUT2D eigenvalue weighted by molar-refractivity contribution is 0.246. The van der Waals surface area contributed by atoms with Crippen LogP contribution in [0.15, 0.2) is 36.4 Å². The summed E-state index contributed by atoms with van der Waals surface area (Å²) in [5, 5.41) is 9.64. The highest BCUT2D eigenvalue weighted by Crippen LogP contribution is 2.38. The predicted octanol–water partition coefficient (Wildman–Crippen LogP) is 3.59. The summed E-state index contributed by atoms with van der Waals surface area (Å²) in [6.07, 6.45) is 0. The third kappa shape index (κ3) is 3.67. The topological polar surface area (TPSA) is 104 Å². The Hall–Kier alpha value is -3.59. The van der Waals surface area contributed by atoms with Crippen LogP contribution in [-0.4, -0.2) is 28.2 Å². The van der Waals surface area contributed by atoms with E-state index in [4.69, 9.17) is 10.8 Å². The van der Waals surface area contributed by atoms with E-state index in [-0.39, 0.29) is 18.3 Å². The monoisotopic (exact) mass is 413 g/mol. The van der Waals surface area contributed by atoms with E-state index in [1.165, 1.54) is 6.07 Å². The maximum atomic E-state index is 14.4. The number of nitrogens with one attached hydrogen (secondary N) is 1. The zero-order valence-corrected chi connectivity index (χ0v) is 16.7. The molecule has 4 N–H and O–H groups in total. The summed E-state index contributed by atoms with van der Waals surface area (Å²) in [6.45, 7) is 3.99. The van der Waals surface area contributed by atoms with Crippen LogP contribution in [-0.2, 0) is 6.54 Å². The molecule has 0 unspecified atom stereocenters. The normalized spacial score (nSPS) is 12.6. The summed E-state index contributed by atoms with van der Waals surface area (Å²) >= 11 is 0. The predicted molar refractivity (Wildman–Crippen MR) is 110 cm³/mol. The molecule has 0 atom stereocenters. The average Bonchev–Trinajstić information content (AvgIpc) is 2.72. The Morgan fingerprint density at radius 3 is 2.43 bits per heavy atom. The molecule has 9 heteroatoms.